The summed E-state index contributed by atoms with van der Waals surface area (Å²) in [6.45, 7) is 0. The van der Waals surface area contributed by atoms with Gasteiger partial charge in [0.25, 0.3) is 5.56 Å². The average Bonchev–Trinajstić information content (AvgIpc) is 2.33. The molecule has 2 nitrogen and oxygen atoms in total. The Morgan fingerprint density at radius 1 is 1.45 bits per heavy atom. The van der Waals surface area contributed by atoms with Crippen LogP contribution in [0.2, 0.25) is 0 Å². The van der Waals surface area contributed by atoms with Crippen molar-refractivity contribution in [2.24, 2.45) is 0 Å². The van der Waals surface area contributed by atoms with E-state index in [4.69, 9.17) is 34.8 Å². The van der Waals surface area contributed by atoms with Gasteiger partial charge in [-0.15, -0.1) is 0 Å². The van der Waals surface area contributed by atoms with Gasteiger partial charge in [-0.1, -0.05) is 46.3 Å². The fourth-order valence-corrected chi connectivity index (χ4v) is 1.61. The molecule has 0 N–H and O–H groups in total. The van der Waals surface area contributed by atoms with Gasteiger partial charge in [-0.25, -0.2) is 3.96 Å². The maximum absolute atomic E-state index is 10.9. The van der Waals surface area contributed by atoms with E-state index in [-0.39, 0.29) is 15.2 Å². The molecule has 0 aliphatic heterocycles. The fraction of sp³-hybridized carbons (Fsp3) is 0. The Hall–Kier alpha value is 0.0400. The van der Waals surface area contributed by atoms with Crippen LogP contribution in [-0.4, -0.2) is 3.96 Å². The minimum absolute atomic E-state index is 0.0355. The van der Waals surface area contributed by atoms with Gasteiger partial charge in [-0.3, -0.25) is 4.79 Å². The highest BCUT2D eigenvalue weighted by Crippen LogP contribution is 2.22. The molecule has 0 saturated carbocycles. The van der Waals surface area contributed by atoms with Crippen LogP contribution < -0.4 is 5.56 Å². The zero-order valence-corrected chi connectivity index (χ0v) is 8.14. The third-order valence-corrected chi connectivity index (χ3v) is 2.75. The SMILES string of the molecule is O=c1ccsn1C(Cl)=C(Cl)Cl. The van der Waals surface area contributed by atoms with Crippen molar-refractivity contribution in [3.05, 3.63) is 26.3 Å². The third-order valence-electron chi connectivity index (χ3n) is 0.911. The molecule has 0 aliphatic rings. The largest absolute Gasteiger partial charge is 0.268 e. The first-order valence-electron chi connectivity index (χ1n) is 2.51. The summed E-state index contributed by atoms with van der Waals surface area (Å²) >= 11 is 17.4. The standard InChI is InChI=1S/C5H2Cl3NOS/c6-4(7)5(8)9-3(10)1-2-11-9/h1-2H. The molecule has 6 heteroatoms. The quantitative estimate of drug-likeness (QED) is 0.727. The number of nitrogens with zero attached hydrogens (tertiary/aromatic N) is 1. The highest BCUT2D eigenvalue weighted by Gasteiger charge is 2.04. The van der Waals surface area contributed by atoms with E-state index < -0.39 is 0 Å². The lowest BCUT2D eigenvalue weighted by Crippen LogP contribution is -2.08. The topological polar surface area (TPSA) is 22.0 Å². The van der Waals surface area contributed by atoms with Gasteiger partial charge in [0, 0.05) is 11.4 Å². The molecule has 0 aromatic carbocycles. The third kappa shape index (κ3) is 1.99. The molecular formula is C5H2Cl3NOS. The van der Waals surface area contributed by atoms with Gasteiger partial charge in [-0.05, 0) is 0 Å². The highest BCUT2D eigenvalue weighted by atomic mass is 35.5. The normalized spacial score (nSPS) is 9.73. The first kappa shape index (κ1) is 9.13. The van der Waals surface area contributed by atoms with Gasteiger partial charge in [0.05, 0.1) is 0 Å². The van der Waals surface area contributed by atoms with Crippen LogP contribution in [0.4, 0.5) is 0 Å². The van der Waals surface area contributed by atoms with E-state index in [1.807, 2.05) is 0 Å². The summed E-state index contributed by atoms with van der Waals surface area (Å²) in [5.74, 6) is 0. The molecule has 60 valence electrons. The van der Waals surface area contributed by atoms with Crippen LogP contribution in [-0.2, 0) is 0 Å². The number of hydrogen-bond acceptors (Lipinski definition) is 2. The molecule has 1 rings (SSSR count). The zero-order valence-electron chi connectivity index (χ0n) is 5.05. The van der Waals surface area contributed by atoms with Crippen LogP contribution in [0.25, 0.3) is 5.16 Å². The molecule has 0 atom stereocenters. The van der Waals surface area contributed by atoms with Crippen LogP contribution in [0.5, 0.6) is 0 Å². The van der Waals surface area contributed by atoms with Crippen LogP contribution in [0.15, 0.2) is 20.7 Å². The number of aromatic nitrogens is 1. The molecule has 0 saturated heterocycles. The smallest absolute Gasteiger partial charge is 0.266 e. The Labute approximate surface area is 81.8 Å². The summed E-state index contributed by atoms with van der Waals surface area (Å²) in [4.78, 5) is 10.9. The van der Waals surface area contributed by atoms with E-state index >= 15 is 0 Å². The molecule has 0 unspecified atom stereocenters. The van der Waals surface area contributed by atoms with E-state index in [1.165, 1.54) is 10.0 Å². The average molecular weight is 231 g/mol. The predicted molar refractivity (Wildman–Crippen MR) is 49.4 cm³/mol. The predicted octanol–water partition coefficient (Wildman–Crippen LogP) is 2.71. The molecule has 1 aromatic rings. The summed E-state index contributed by atoms with van der Waals surface area (Å²) in [6, 6.07) is 1.38. The maximum Gasteiger partial charge on any atom is 0.266 e. The second-order valence-electron chi connectivity index (χ2n) is 1.59. The van der Waals surface area contributed by atoms with Crippen LogP contribution in [0, 0.1) is 0 Å². The Morgan fingerprint density at radius 2 is 2.09 bits per heavy atom. The lowest BCUT2D eigenvalue weighted by atomic mass is 10.7. The second kappa shape index (κ2) is 3.63. The van der Waals surface area contributed by atoms with E-state index in [9.17, 15) is 4.79 Å². The Balaban J connectivity index is 3.24. The molecule has 0 fully saturated rings. The molecule has 0 bridgehead atoms. The lowest BCUT2D eigenvalue weighted by Gasteiger charge is -1.94. The van der Waals surface area contributed by atoms with Crippen molar-refractivity contribution < 1.29 is 0 Å². The monoisotopic (exact) mass is 229 g/mol. The lowest BCUT2D eigenvalue weighted by molar-refractivity contribution is 1.21. The zero-order chi connectivity index (χ0) is 8.43. The fourth-order valence-electron chi connectivity index (χ4n) is 0.489. The number of rotatable bonds is 1. The van der Waals surface area contributed by atoms with Crippen molar-refractivity contribution in [1.82, 2.24) is 3.96 Å². The van der Waals surface area contributed by atoms with E-state index in [0.29, 0.717) is 0 Å². The van der Waals surface area contributed by atoms with Gasteiger partial charge in [0.15, 0.2) is 5.16 Å². The van der Waals surface area contributed by atoms with Crippen LogP contribution in [0.1, 0.15) is 0 Å². The second-order valence-corrected chi connectivity index (χ2v) is 3.75. The van der Waals surface area contributed by atoms with E-state index in [0.717, 1.165) is 11.5 Å². The van der Waals surface area contributed by atoms with Crippen molar-refractivity contribution in [2.75, 3.05) is 0 Å². The van der Waals surface area contributed by atoms with Gasteiger partial charge >= 0.3 is 0 Å². The number of hydrogen-bond donors (Lipinski definition) is 0. The van der Waals surface area contributed by atoms with Gasteiger partial charge in [0.1, 0.15) is 4.49 Å². The van der Waals surface area contributed by atoms with Crippen molar-refractivity contribution >= 4 is 51.5 Å². The van der Waals surface area contributed by atoms with Gasteiger partial charge < -0.3 is 0 Å². The van der Waals surface area contributed by atoms with Crippen molar-refractivity contribution in [1.29, 1.82) is 0 Å². The summed E-state index contributed by atoms with van der Waals surface area (Å²) in [5, 5.41) is 1.63. The minimum Gasteiger partial charge on any atom is -0.268 e. The maximum atomic E-state index is 10.9. The molecule has 0 radical (unpaired) electrons. The molecule has 0 aliphatic carbocycles. The molecule has 0 amide bonds. The Morgan fingerprint density at radius 3 is 2.45 bits per heavy atom. The molecule has 0 spiro atoms. The van der Waals surface area contributed by atoms with Gasteiger partial charge in [-0.2, -0.15) is 0 Å². The minimum atomic E-state index is -0.237. The Bertz CT molecular complexity index is 335. The first-order chi connectivity index (χ1) is 5.13. The first-order valence-corrected chi connectivity index (χ1v) is 4.48. The van der Waals surface area contributed by atoms with Crippen molar-refractivity contribution in [2.45, 2.75) is 0 Å². The van der Waals surface area contributed by atoms with Crippen molar-refractivity contribution in [3.63, 3.8) is 0 Å². The molecule has 1 heterocycles. The van der Waals surface area contributed by atoms with Crippen molar-refractivity contribution in [3.8, 4) is 0 Å². The summed E-state index contributed by atoms with van der Waals surface area (Å²) in [5.41, 5.74) is -0.237. The molecule has 1 aromatic heterocycles. The summed E-state index contributed by atoms with van der Waals surface area (Å²) in [6.07, 6.45) is 0. The number of halogens is 3. The highest BCUT2D eigenvalue weighted by molar-refractivity contribution is 7.05. The summed E-state index contributed by atoms with van der Waals surface area (Å²) in [7, 11) is 0. The van der Waals surface area contributed by atoms with Gasteiger partial charge in [0.2, 0.25) is 0 Å². The summed E-state index contributed by atoms with van der Waals surface area (Å²) < 4.78 is 1.08. The Kier molecular flexibility index (Phi) is 3.01. The molecular weight excluding hydrogens is 228 g/mol. The molecule has 11 heavy (non-hydrogen) atoms. The van der Waals surface area contributed by atoms with E-state index in [1.54, 1.807) is 5.38 Å². The van der Waals surface area contributed by atoms with Crippen LogP contribution >= 0.6 is 46.3 Å². The van der Waals surface area contributed by atoms with Crippen LogP contribution in [0.3, 0.4) is 0 Å². The van der Waals surface area contributed by atoms with E-state index in [2.05, 4.69) is 0 Å².